The van der Waals surface area contributed by atoms with Crippen LogP contribution in [0.2, 0.25) is 0 Å². The van der Waals surface area contributed by atoms with E-state index in [2.05, 4.69) is 28.8 Å². The molecule has 1 amide bonds. The van der Waals surface area contributed by atoms with Gasteiger partial charge in [-0.3, -0.25) is 4.79 Å². The zero-order valence-electron chi connectivity index (χ0n) is 12.3. The number of hydrogen-bond donors (Lipinski definition) is 2. The van der Waals surface area contributed by atoms with E-state index in [1.807, 2.05) is 25.1 Å². The molecule has 0 saturated heterocycles. The highest BCUT2D eigenvalue weighted by molar-refractivity contribution is 5.83. The number of rotatable bonds is 3. The average Bonchev–Trinajstić information content (AvgIpc) is 2.49. The summed E-state index contributed by atoms with van der Waals surface area (Å²) in [5.74, 6) is 0.0558. The van der Waals surface area contributed by atoms with Crippen molar-refractivity contribution in [2.45, 2.75) is 26.0 Å². The summed E-state index contributed by atoms with van der Waals surface area (Å²) in [6.45, 7) is 2.01. The first-order chi connectivity index (χ1) is 10.2. The molecule has 2 aliphatic rings. The molecule has 3 rings (SSSR count). The highest BCUT2D eigenvalue weighted by Crippen LogP contribution is 2.29. The van der Waals surface area contributed by atoms with Crippen molar-refractivity contribution in [1.82, 2.24) is 10.6 Å². The summed E-state index contributed by atoms with van der Waals surface area (Å²) < 4.78 is 5.41. The lowest BCUT2D eigenvalue weighted by atomic mass is 9.86. The topological polar surface area (TPSA) is 50.4 Å². The van der Waals surface area contributed by atoms with Gasteiger partial charge in [-0.15, -0.1) is 0 Å². The van der Waals surface area contributed by atoms with E-state index in [1.165, 1.54) is 11.1 Å². The van der Waals surface area contributed by atoms with Gasteiger partial charge in [-0.25, -0.2) is 0 Å². The zero-order valence-corrected chi connectivity index (χ0v) is 12.3. The summed E-state index contributed by atoms with van der Waals surface area (Å²) in [5.41, 5.74) is 4.28. The van der Waals surface area contributed by atoms with Crippen molar-refractivity contribution in [2.75, 3.05) is 7.11 Å². The molecule has 2 unspecified atom stereocenters. The molecule has 0 saturated carbocycles. The molecule has 2 atom stereocenters. The third kappa shape index (κ3) is 2.85. The molecular formula is C17H20N2O2. The molecule has 0 aromatic heterocycles. The predicted octanol–water partition coefficient (Wildman–Crippen LogP) is 2.10. The van der Waals surface area contributed by atoms with Crippen LogP contribution in [0.5, 0.6) is 0 Å². The fourth-order valence-corrected chi connectivity index (χ4v) is 2.98. The first kappa shape index (κ1) is 13.9. The van der Waals surface area contributed by atoms with Crippen LogP contribution in [0.3, 0.4) is 0 Å². The van der Waals surface area contributed by atoms with E-state index >= 15 is 0 Å². The van der Waals surface area contributed by atoms with Crippen molar-refractivity contribution < 1.29 is 9.53 Å². The minimum absolute atomic E-state index is 0.0224. The van der Waals surface area contributed by atoms with Gasteiger partial charge in [0.1, 0.15) is 0 Å². The van der Waals surface area contributed by atoms with E-state index < -0.39 is 0 Å². The Bertz CT molecular complexity index is 604. The van der Waals surface area contributed by atoms with Gasteiger partial charge in [0.25, 0.3) is 0 Å². The number of methoxy groups -OCH3 is 1. The van der Waals surface area contributed by atoms with E-state index in [1.54, 1.807) is 7.11 Å². The molecule has 0 bridgehead atoms. The van der Waals surface area contributed by atoms with Crippen LogP contribution in [0.1, 0.15) is 18.9 Å². The number of allylic oxidation sites excluding steroid dienone is 3. The summed E-state index contributed by atoms with van der Waals surface area (Å²) in [4.78, 5) is 12.3. The molecule has 0 radical (unpaired) electrons. The minimum Gasteiger partial charge on any atom is -0.359 e. The number of carbonyl (C=O) groups is 1. The number of benzene rings is 1. The number of dihydropyridines is 1. The van der Waals surface area contributed by atoms with Crippen LogP contribution in [0.15, 0.2) is 53.4 Å². The van der Waals surface area contributed by atoms with Crippen molar-refractivity contribution in [3.8, 4) is 0 Å². The summed E-state index contributed by atoms with van der Waals surface area (Å²) >= 11 is 0. The molecule has 0 fully saturated rings. The number of ether oxygens (including phenoxy) is 1. The standard InChI is InChI=1S/C17H20N2O2/c1-11-8-13-10-14(9-12-6-4-3-5-7-12)16(20)19-15(13)17(18-11)21-2/h3-8,14,17-18H,9-10H2,1-2H3,(H,19,20). The Kier molecular flexibility index (Phi) is 3.80. The number of hydrogen-bond acceptors (Lipinski definition) is 3. The van der Waals surface area contributed by atoms with Gasteiger partial charge in [0.05, 0.1) is 5.70 Å². The summed E-state index contributed by atoms with van der Waals surface area (Å²) in [6.07, 6.45) is 3.37. The van der Waals surface area contributed by atoms with Crippen LogP contribution in [0.4, 0.5) is 0 Å². The summed E-state index contributed by atoms with van der Waals surface area (Å²) in [5, 5.41) is 6.24. The van der Waals surface area contributed by atoms with Crippen molar-refractivity contribution in [2.24, 2.45) is 5.92 Å². The van der Waals surface area contributed by atoms with Crippen LogP contribution in [0.25, 0.3) is 0 Å². The summed E-state index contributed by atoms with van der Waals surface area (Å²) in [7, 11) is 1.64. The van der Waals surface area contributed by atoms with E-state index in [0.29, 0.717) is 0 Å². The lowest BCUT2D eigenvalue weighted by Crippen LogP contribution is -2.47. The van der Waals surface area contributed by atoms with Gasteiger partial charge in [0.15, 0.2) is 6.23 Å². The first-order valence-electron chi connectivity index (χ1n) is 7.23. The second-order valence-corrected chi connectivity index (χ2v) is 5.61. The second kappa shape index (κ2) is 5.74. The van der Waals surface area contributed by atoms with Crippen LogP contribution >= 0.6 is 0 Å². The normalized spacial score (nSPS) is 24.9. The van der Waals surface area contributed by atoms with E-state index in [0.717, 1.165) is 24.2 Å². The molecule has 2 aliphatic heterocycles. The van der Waals surface area contributed by atoms with Gasteiger partial charge in [-0.1, -0.05) is 30.3 Å². The molecule has 4 heteroatoms. The summed E-state index contributed by atoms with van der Waals surface area (Å²) in [6, 6.07) is 10.1. The minimum atomic E-state index is -0.258. The monoisotopic (exact) mass is 284 g/mol. The largest absolute Gasteiger partial charge is 0.359 e. The maximum atomic E-state index is 12.3. The number of nitrogens with one attached hydrogen (secondary N) is 2. The van der Waals surface area contributed by atoms with Crippen molar-refractivity contribution in [1.29, 1.82) is 0 Å². The maximum absolute atomic E-state index is 12.3. The zero-order chi connectivity index (χ0) is 14.8. The van der Waals surface area contributed by atoms with Gasteiger partial charge in [0.2, 0.25) is 5.91 Å². The van der Waals surface area contributed by atoms with Crippen molar-refractivity contribution in [3.63, 3.8) is 0 Å². The number of amides is 1. The van der Waals surface area contributed by atoms with Crippen molar-refractivity contribution in [3.05, 3.63) is 58.9 Å². The lowest BCUT2D eigenvalue weighted by Gasteiger charge is -2.34. The van der Waals surface area contributed by atoms with Crippen LogP contribution in [0, 0.1) is 5.92 Å². The van der Waals surface area contributed by atoms with E-state index in [4.69, 9.17) is 4.74 Å². The number of carbonyl (C=O) groups excluding carboxylic acids is 1. The molecule has 1 aromatic rings. The second-order valence-electron chi connectivity index (χ2n) is 5.61. The van der Waals surface area contributed by atoms with Gasteiger partial charge in [0, 0.05) is 18.7 Å². The van der Waals surface area contributed by atoms with Crippen molar-refractivity contribution >= 4 is 5.91 Å². The first-order valence-corrected chi connectivity index (χ1v) is 7.23. The average molecular weight is 284 g/mol. The third-order valence-electron chi connectivity index (χ3n) is 4.01. The Morgan fingerprint density at radius 1 is 1.29 bits per heavy atom. The molecule has 0 spiro atoms. The fraction of sp³-hybridized carbons (Fsp3) is 0.353. The highest BCUT2D eigenvalue weighted by Gasteiger charge is 2.32. The predicted molar refractivity (Wildman–Crippen MR) is 81.1 cm³/mol. The van der Waals surface area contributed by atoms with Gasteiger partial charge >= 0.3 is 0 Å². The van der Waals surface area contributed by atoms with Gasteiger partial charge in [-0.05, 0) is 37.0 Å². The molecule has 0 aliphatic carbocycles. The fourth-order valence-electron chi connectivity index (χ4n) is 2.98. The van der Waals surface area contributed by atoms with E-state index in [9.17, 15) is 4.79 Å². The molecule has 1 aromatic carbocycles. The van der Waals surface area contributed by atoms with Crippen LogP contribution in [-0.4, -0.2) is 19.2 Å². The van der Waals surface area contributed by atoms with Crippen LogP contribution in [-0.2, 0) is 16.0 Å². The third-order valence-corrected chi connectivity index (χ3v) is 4.01. The quantitative estimate of drug-likeness (QED) is 0.893. The Morgan fingerprint density at radius 3 is 2.76 bits per heavy atom. The maximum Gasteiger partial charge on any atom is 0.228 e. The molecular weight excluding hydrogens is 264 g/mol. The van der Waals surface area contributed by atoms with E-state index in [-0.39, 0.29) is 18.1 Å². The Balaban J connectivity index is 1.82. The van der Waals surface area contributed by atoms with Gasteiger partial charge < -0.3 is 15.4 Å². The molecule has 4 nitrogen and oxygen atoms in total. The Hall–Kier alpha value is -2.07. The SMILES string of the molecule is COC1NC(C)=CC2=C1NC(=O)C(Cc1ccccc1)C2. The Labute approximate surface area is 124 Å². The highest BCUT2D eigenvalue weighted by atomic mass is 16.5. The molecule has 110 valence electrons. The molecule has 21 heavy (non-hydrogen) atoms. The van der Waals surface area contributed by atoms with Crippen LogP contribution < -0.4 is 10.6 Å². The molecule has 2 N–H and O–H groups in total. The Morgan fingerprint density at radius 2 is 2.05 bits per heavy atom. The van der Waals surface area contributed by atoms with Gasteiger partial charge in [-0.2, -0.15) is 0 Å². The smallest absolute Gasteiger partial charge is 0.228 e. The lowest BCUT2D eigenvalue weighted by molar-refractivity contribution is -0.125. The molecule has 2 heterocycles.